The Hall–Kier alpha value is -0.690. The van der Waals surface area contributed by atoms with Gasteiger partial charge < -0.3 is 4.98 Å². The molecule has 0 aliphatic rings. The number of aromatic amines is 1. The number of benzene rings is 1. The van der Waals surface area contributed by atoms with Crippen LogP contribution >= 0.6 is 38.5 Å². The van der Waals surface area contributed by atoms with Crippen LogP contribution in [0, 0.1) is 3.57 Å². The van der Waals surface area contributed by atoms with E-state index < -0.39 is 0 Å². The summed E-state index contributed by atoms with van der Waals surface area (Å²) < 4.78 is 1.72. The van der Waals surface area contributed by atoms with Gasteiger partial charge in [-0.1, -0.05) is 35.0 Å². The average molecular weight is 419 g/mol. The first-order valence-electron chi connectivity index (χ1n) is 5.62. The second-order valence-corrected chi connectivity index (χ2v) is 5.93. The van der Waals surface area contributed by atoms with Crippen LogP contribution in [-0.4, -0.2) is 9.97 Å². The van der Waals surface area contributed by atoms with Gasteiger partial charge in [-0.2, -0.15) is 0 Å². The Morgan fingerprint density at radius 1 is 1.44 bits per heavy atom. The van der Waals surface area contributed by atoms with Crippen LogP contribution in [0.3, 0.4) is 0 Å². The van der Waals surface area contributed by atoms with Gasteiger partial charge in [0.15, 0.2) is 0 Å². The van der Waals surface area contributed by atoms with Gasteiger partial charge in [0.1, 0.15) is 5.82 Å². The van der Waals surface area contributed by atoms with Gasteiger partial charge in [0.25, 0.3) is 5.56 Å². The van der Waals surface area contributed by atoms with E-state index in [0.717, 1.165) is 28.0 Å². The number of hydrogen-bond donors (Lipinski definition) is 1. The minimum absolute atomic E-state index is 0.0487. The Morgan fingerprint density at radius 3 is 2.89 bits per heavy atom. The van der Waals surface area contributed by atoms with Crippen molar-refractivity contribution < 1.29 is 0 Å². The zero-order chi connectivity index (χ0) is 13.1. The Kier molecular flexibility index (Phi) is 4.55. The number of nitrogens with one attached hydrogen (secondary N) is 1. The molecule has 0 bridgehead atoms. The number of halogens is 2. The van der Waals surface area contributed by atoms with E-state index in [1.165, 1.54) is 0 Å². The fourth-order valence-electron chi connectivity index (χ4n) is 1.72. The van der Waals surface area contributed by atoms with Gasteiger partial charge in [0, 0.05) is 10.9 Å². The maximum absolute atomic E-state index is 11.8. The Labute approximate surface area is 127 Å². The molecule has 5 heteroatoms. The highest BCUT2D eigenvalue weighted by Gasteiger charge is 2.07. The third kappa shape index (κ3) is 3.20. The lowest BCUT2D eigenvalue weighted by molar-refractivity contribution is 0.875. The molecule has 0 aliphatic heterocycles. The van der Waals surface area contributed by atoms with E-state index in [9.17, 15) is 4.79 Å². The van der Waals surface area contributed by atoms with Crippen molar-refractivity contribution in [1.29, 1.82) is 0 Å². The van der Waals surface area contributed by atoms with Crippen molar-refractivity contribution >= 4 is 38.5 Å². The number of H-pyrrole nitrogens is 1. The molecule has 0 fully saturated rings. The first-order chi connectivity index (χ1) is 8.60. The van der Waals surface area contributed by atoms with Crippen LogP contribution in [0.15, 0.2) is 33.5 Å². The van der Waals surface area contributed by atoms with Crippen LogP contribution in [0.4, 0.5) is 0 Å². The Morgan fingerprint density at radius 2 is 2.22 bits per heavy atom. The molecular formula is C13H12BrIN2O. The van der Waals surface area contributed by atoms with Gasteiger partial charge in [0.2, 0.25) is 0 Å². The summed E-state index contributed by atoms with van der Waals surface area (Å²) in [4.78, 5) is 19.1. The average Bonchev–Trinajstić information content (AvgIpc) is 2.33. The van der Waals surface area contributed by atoms with Crippen LogP contribution in [0.2, 0.25) is 0 Å². The van der Waals surface area contributed by atoms with E-state index >= 15 is 0 Å². The summed E-state index contributed by atoms with van der Waals surface area (Å²) in [7, 11) is 0. The maximum Gasteiger partial charge on any atom is 0.264 e. The minimum atomic E-state index is -0.0487. The fraction of sp³-hybridized carbons (Fsp3) is 0.231. The first kappa shape index (κ1) is 13.7. The lowest BCUT2D eigenvalue weighted by atomic mass is 10.1. The zero-order valence-electron chi connectivity index (χ0n) is 9.84. The summed E-state index contributed by atoms with van der Waals surface area (Å²) >= 11 is 5.48. The van der Waals surface area contributed by atoms with Gasteiger partial charge in [-0.25, -0.2) is 4.98 Å². The van der Waals surface area contributed by atoms with Crippen molar-refractivity contribution in [3.63, 3.8) is 0 Å². The van der Waals surface area contributed by atoms with E-state index in [1.807, 2.05) is 53.8 Å². The third-order valence-corrected chi connectivity index (χ3v) is 4.18. The van der Waals surface area contributed by atoms with Crippen molar-refractivity contribution in [2.75, 3.05) is 0 Å². The van der Waals surface area contributed by atoms with Crippen molar-refractivity contribution in [2.45, 2.75) is 19.8 Å². The van der Waals surface area contributed by atoms with Gasteiger partial charge in [-0.05, 0) is 46.7 Å². The Balaban J connectivity index is 2.35. The van der Waals surface area contributed by atoms with Crippen LogP contribution in [0.25, 0.3) is 0 Å². The summed E-state index contributed by atoms with van der Waals surface area (Å²) in [5.74, 6) is 0.718. The lowest BCUT2D eigenvalue weighted by Crippen LogP contribution is -2.18. The molecule has 0 amide bonds. The van der Waals surface area contributed by atoms with Crippen LogP contribution in [0.1, 0.15) is 24.0 Å². The largest absolute Gasteiger partial charge is 0.309 e. The van der Waals surface area contributed by atoms with Crippen LogP contribution in [-0.2, 0) is 12.8 Å². The number of rotatable bonds is 3. The van der Waals surface area contributed by atoms with E-state index in [-0.39, 0.29) is 5.56 Å². The second kappa shape index (κ2) is 5.97. The highest BCUT2D eigenvalue weighted by Crippen LogP contribution is 2.14. The van der Waals surface area contributed by atoms with E-state index in [0.29, 0.717) is 9.99 Å². The monoisotopic (exact) mass is 418 g/mol. The van der Waals surface area contributed by atoms with E-state index in [4.69, 9.17) is 0 Å². The molecule has 2 rings (SSSR count). The van der Waals surface area contributed by atoms with Crippen molar-refractivity contribution in [1.82, 2.24) is 9.97 Å². The molecule has 94 valence electrons. The maximum atomic E-state index is 11.8. The van der Waals surface area contributed by atoms with Crippen molar-refractivity contribution in [3.8, 4) is 0 Å². The molecule has 0 spiro atoms. The SMILES string of the molecule is CCc1nc(Cc2cccc(Br)c2)[nH]c(=O)c1I. The topological polar surface area (TPSA) is 45.8 Å². The molecule has 0 saturated carbocycles. The summed E-state index contributed by atoms with van der Waals surface area (Å²) in [6.45, 7) is 2.01. The molecule has 1 aromatic heterocycles. The predicted octanol–water partition coefficient (Wildman–Crippen LogP) is 3.29. The van der Waals surface area contributed by atoms with E-state index in [1.54, 1.807) is 0 Å². The molecule has 1 N–H and O–H groups in total. The van der Waals surface area contributed by atoms with Crippen LogP contribution in [0.5, 0.6) is 0 Å². The molecule has 0 atom stereocenters. The number of aryl methyl sites for hydroxylation is 1. The third-order valence-electron chi connectivity index (χ3n) is 2.58. The minimum Gasteiger partial charge on any atom is -0.309 e. The predicted molar refractivity (Wildman–Crippen MR) is 83.9 cm³/mol. The Bertz CT molecular complexity index is 625. The van der Waals surface area contributed by atoms with Crippen molar-refractivity contribution in [3.05, 3.63) is 59.7 Å². The first-order valence-corrected chi connectivity index (χ1v) is 7.49. The molecule has 0 unspecified atom stereocenters. The number of aromatic nitrogens is 2. The summed E-state index contributed by atoms with van der Waals surface area (Å²) in [5.41, 5.74) is 1.94. The fourth-order valence-corrected chi connectivity index (χ4v) is 2.80. The normalized spacial score (nSPS) is 10.6. The summed E-state index contributed by atoms with van der Waals surface area (Å²) in [6.07, 6.45) is 1.41. The molecule has 3 nitrogen and oxygen atoms in total. The summed E-state index contributed by atoms with van der Waals surface area (Å²) in [6, 6.07) is 8.01. The molecule has 0 saturated heterocycles. The number of nitrogens with zero attached hydrogens (tertiary/aromatic N) is 1. The molecule has 1 heterocycles. The molecule has 18 heavy (non-hydrogen) atoms. The highest BCUT2D eigenvalue weighted by atomic mass is 127. The smallest absolute Gasteiger partial charge is 0.264 e. The summed E-state index contributed by atoms with van der Waals surface area (Å²) in [5, 5.41) is 0. The molecule has 2 aromatic rings. The molecule has 0 radical (unpaired) electrons. The van der Waals surface area contributed by atoms with Crippen LogP contribution < -0.4 is 5.56 Å². The quantitative estimate of drug-likeness (QED) is 0.777. The van der Waals surface area contributed by atoms with Crippen molar-refractivity contribution in [2.24, 2.45) is 0 Å². The highest BCUT2D eigenvalue weighted by molar-refractivity contribution is 14.1. The second-order valence-electron chi connectivity index (χ2n) is 3.93. The number of hydrogen-bond acceptors (Lipinski definition) is 2. The molecule has 0 aliphatic carbocycles. The van der Waals surface area contributed by atoms with Gasteiger partial charge in [0.05, 0.1) is 9.26 Å². The van der Waals surface area contributed by atoms with Gasteiger partial charge in [-0.15, -0.1) is 0 Å². The zero-order valence-corrected chi connectivity index (χ0v) is 13.6. The van der Waals surface area contributed by atoms with E-state index in [2.05, 4.69) is 25.9 Å². The molecular weight excluding hydrogens is 407 g/mol. The molecule has 1 aromatic carbocycles. The lowest BCUT2D eigenvalue weighted by Gasteiger charge is -2.05. The van der Waals surface area contributed by atoms with Gasteiger partial charge >= 0.3 is 0 Å². The standard InChI is InChI=1S/C13H12BrIN2O/c1-2-10-12(15)13(18)17-11(16-10)7-8-4-3-5-9(14)6-8/h3-6H,2,7H2,1H3,(H,16,17,18). The van der Waals surface area contributed by atoms with Gasteiger partial charge in [-0.3, -0.25) is 4.79 Å².